The molecule has 1 aliphatic heterocycles. The molecule has 2 aliphatic rings. The third-order valence-electron chi connectivity index (χ3n) is 6.88. The number of para-hydroxylation sites is 1. The number of halogens is 1. The second-order valence-corrected chi connectivity index (χ2v) is 8.59. The first-order valence-corrected chi connectivity index (χ1v) is 10.1. The summed E-state index contributed by atoms with van der Waals surface area (Å²) in [6, 6.07) is 15.0. The highest BCUT2D eigenvalue weighted by Crippen LogP contribution is 2.50. The predicted octanol–water partition coefficient (Wildman–Crippen LogP) is 3.49. The van der Waals surface area contributed by atoms with Crippen molar-refractivity contribution >= 4 is 10.9 Å². The number of likely N-dealkylation sites (tertiary alicyclic amines) is 1. The van der Waals surface area contributed by atoms with E-state index in [-0.39, 0.29) is 5.82 Å². The molecule has 150 valence electrons. The van der Waals surface area contributed by atoms with Crippen molar-refractivity contribution in [2.45, 2.75) is 30.3 Å². The van der Waals surface area contributed by atoms with E-state index in [1.54, 1.807) is 13.2 Å². The Morgan fingerprint density at radius 3 is 2.79 bits per heavy atom. The summed E-state index contributed by atoms with van der Waals surface area (Å²) in [5, 5.41) is 12.8. The Morgan fingerprint density at radius 1 is 1.14 bits per heavy atom. The van der Waals surface area contributed by atoms with Gasteiger partial charge in [0.05, 0.1) is 12.7 Å². The maximum Gasteiger partial charge on any atom is 0.149 e. The first-order valence-electron chi connectivity index (χ1n) is 10.1. The lowest BCUT2D eigenvalue weighted by atomic mass is 9.56. The zero-order valence-electron chi connectivity index (χ0n) is 16.8. The Kier molecular flexibility index (Phi) is 4.16. The van der Waals surface area contributed by atoms with Gasteiger partial charge >= 0.3 is 0 Å². The van der Waals surface area contributed by atoms with Crippen LogP contribution in [0.15, 0.2) is 48.5 Å². The predicted molar refractivity (Wildman–Crippen MR) is 111 cm³/mol. The van der Waals surface area contributed by atoms with E-state index < -0.39 is 11.0 Å². The van der Waals surface area contributed by atoms with Crippen LogP contribution in [0.3, 0.4) is 0 Å². The molecule has 1 fully saturated rings. The van der Waals surface area contributed by atoms with E-state index in [9.17, 15) is 9.50 Å². The number of β-amino-alcohol motifs (C(OH)–C–C–N with tert-alkyl or cyclic N) is 1. The second-order valence-electron chi connectivity index (χ2n) is 8.59. The molecule has 0 amide bonds. The number of ether oxygens (including phenoxy) is 1. The zero-order valence-corrected chi connectivity index (χ0v) is 16.8. The number of aromatic nitrogens is 1. The van der Waals surface area contributed by atoms with Gasteiger partial charge in [-0.15, -0.1) is 0 Å². The molecule has 29 heavy (non-hydrogen) atoms. The second kappa shape index (κ2) is 6.51. The van der Waals surface area contributed by atoms with E-state index in [0.29, 0.717) is 24.9 Å². The van der Waals surface area contributed by atoms with Crippen molar-refractivity contribution in [3.63, 3.8) is 0 Å². The fraction of sp³-hybridized carbons (Fsp3) is 0.375. The smallest absolute Gasteiger partial charge is 0.149 e. The zero-order chi connectivity index (χ0) is 20.2. The number of methoxy groups -OCH3 is 1. The maximum absolute atomic E-state index is 14.4. The van der Waals surface area contributed by atoms with Gasteiger partial charge in [-0.25, -0.2) is 9.37 Å². The van der Waals surface area contributed by atoms with Gasteiger partial charge in [-0.1, -0.05) is 24.3 Å². The van der Waals surface area contributed by atoms with Crippen LogP contribution in [0, 0.1) is 5.82 Å². The van der Waals surface area contributed by atoms with Crippen LogP contribution in [-0.2, 0) is 18.3 Å². The number of hydrogen-bond acceptors (Lipinski definition) is 4. The minimum Gasteiger partial charge on any atom is -0.497 e. The van der Waals surface area contributed by atoms with Crippen LogP contribution in [0.25, 0.3) is 10.9 Å². The molecule has 2 atom stereocenters. The average molecular weight is 392 g/mol. The number of pyridine rings is 1. The van der Waals surface area contributed by atoms with Crippen LogP contribution in [-0.4, -0.2) is 47.8 Å². The average Bonchev–Trinajstić information content (AvgIpc) is 2.71. The van der Waals surface area contributed by atoms with E-state index in [1.165, 1.54) is 6.07 Å². The number of fused-ring (bicyclic) bond motifs is 3. The largest absolute Gasteiger partial charge is 0.497 e. The summed E-state index contributed by atoms with van der Waals surface area (Å²) in [6.45, 7) is 1.47. The summed E-state index contributed by atoms with van der Waals surface area (Å²) in [6.07, 6.45) is 1.90. The monoisotopic (exact) mass is 392 g/mol. The Labute approximate surface area is 169 Å². The molecule has 5 rings (SSSR count). The van der Waals surface area contributed by atoms with Crippen molar-refractivity contribution in [3.05, 3.63) is 71.2 Å². The lowest BCUT2D eigenvalue weighted by Gasteiger charge is -2.56. The molecule has 2 aromatic carbocycles. The normalized spacial score (nSPS) is 26.8. The summed E-state index contributed by atoms with van der Waals surface area (Å²) < 4.78 is 19.9. The summed E-state index contributed by atoms with van der Waals surface area (Å²) in [4.78, 5) is 6.93. The third-order valence-corrected chi connectivity index (χ3v) is 6.88. The van der Waals surface area contributed by atoms with Gasteiger partial charge in [0, 0.05) is 35.9 Å². The summed E-state index contributed by atoms with van der Waals surface area (Å²) in [5.41, 5.74) is 1.97. The number of aliphatic hydroxyl groups is 1. The molecule has 5 heteroatoms. The molecule has 1 aromatic heterocycles. The van der Waals surface area contributed by atoms with Crippen LogP contribution in [0.1, 0.15) is 23.2 Å². The van der Waals surface area contributed by atoms with Gasteiger partial charge in [-0.2, -0.15) is 0 Å². The van der Waals surface area contributed by atoms with Gasteiger partial charge in [0.25, 0.3) is 0 Å². The number of hydrogen-bond donors (Lipinski definition) is 1. The Balaban J connectivity index is 1.72. The molecule has 0 radical (unpaired) electrons. The Hall–Kier alpha value is -2.50. The molecule has 3 aromatic rings. The van der Waals surface area contributed by atoms with Gasteiger partial charge in [0.1, 0.15) is 17.1 Å². The summed E-state index contributed by atoms with van der Waals surface area (Å²) >= 11 is 0. The van der Waals surface area contributed by atoms with Crippen molar-refractivity contribution in [2.24, 2.45) is 0 Å². The lowest BCUT2D eigenvalue weighted by Crippen LogP contribution is -2.66. The number of benzene rings is 2. The fourth-order valence-corrected chi connectivity index (χ4v) is 5.36. The highest BCUT2D eigenvalue weighted by molar-refractivity contribution is 5.80. The van der Waals surface area contributed by atoms with Crippen LogP contribution < -0.4 is 4.74 Å². The molecule has 4 nitrogen and oxygen atoms in total. The molecule has 1 aliphatic carbocycles. The van der Waals surface area contributed by atoms with Crippen LogP contribution in [0.2, 0.25) is 0 Å². The van der Waals surface area contributed by atoms with Gasteiger partial charge in [-0.05, 0) is 55.4 Å². The molecule has 2 heterocycles. The van der Waals surface area contributed by atoms with Gasteiger partial charge in [0.2, 0.25) is 0 Å². The van der Waals surface area contributed by atoms with Gasteiger partial charge < -0.3 is 14.7 Å². The van der Waals surface area contributed by atoms with Gasteiger partial charge in [0.15, 0.2) is 0 Å². The summed E-state index contributed by atoms with van der Waals surface area (Å²) in [7, 11) is 3.71. The minimum atomic E-state index is -0.929. The van der Waals surface area contributed by atoms with Crippen LogP contribution in [0.5, 0.6) is 5.75 Å². The molecule has 0 spiro atoms. The quantitative estimate of drug-likeness (QED) is 0.725. The molecule has 0 saturated carbocycles. The minimum absolute atomic E-state index is 0.301. The Morgan fingerprint density at radius 2 is 1.97 bits per heavy atom. The number of likely N-dealkylation sites (N-methyl/N-ethyl adjacent to an activating group) is 1. The maximum atomic E-state index is 14.4. The van der Waals surface area contributed by atoms with Gasteiger partial charge in [-0.3, -0.25) is 0 Å². The topological polar surface area (TPSA) is 45.6 Å². The Bertz CT molecular complexity index is 1100. The van der Waals surface area contributed by atoms with Crippen LogP contribution >= 0.6 is 0 Å². The van der Waals surface area contributed by atoms with E-state index in [2.05, 4.69) is 18.0 Å². The molecule has 1 N–H and O–H groups in total. The van der Waals surface area contributed by atoms with Crippen molar-refractivity contribution in [1.29, 1.82) is 0 Å². The first kappa shape index (κ1) is 18.5. The van der Waals surface area contributed by atoms with E-state index in [4.69, 9.17) is 9.72 Å². The fourth-order valence-electron chi connectivity index (χ4n) is 5.36. The number of nitrogens with zero attached hydrogens (tertiary/aromatic N) is 2. The van der Waals surface area contributed by atoms with E-state index >= 15 is 0 Å². The number of piperidine rings is 1. The van der Waals surface area contributed by atoms with Crippen molar-refractivity contribution in [2.75, 3.05) is 27.2 Å². The van der Waals surface area contributed by atoms with E-state index in [1.807, 2.05) is 30.3 Å². The van der Waals surface area contributed by atoms with Crippen molar-refractivity contribution in [1.82, 2.24) is 9.88 Å². The van der Waals surface area contributed by atoms with Crippen molar-refractivity contribution < 1.29 is 14.2 Å². The molecular weight excluding hydrogens is 367 g/mol. The first-order chi connectivity index (χ1) is 13.9. The van der Waals surface area contributed by atoms with E-state index in [0.717, 1.165) is 40.9 Å². The highest BCUT2D eigenvalue weighted by atomic mass is 19.1. The number of rotatable bonds is 2. The highest BCUT2D eigenvalue weighted by Gasteiger charge is 2.57. The van der Waals surface area contributed by atoms with Crippen LogP contribution in [0.4, 0.5) is 4.39 Å². The lowest BCUT2D eigenvalue weighted by molar-refractivity contribution is -0.0976. The SMILES string of the molecule is COc1cccc([C@@]23CCN(C)C[C@@]2(O)Cc2cc4cccc(F)c4nc2C3)c1. The molecule has 1 saturated heterocycles. The van der Waals surface area contributed by atoms with Crippen molar-refractivity contribution in [3.8, 4) is 5.75 Å². The summed E-state index contributed by atoms with van der Waals surface area (Å²) in [5.74, 6) is 0.478. The third kappa shape index (κ3) is 2.75. The molecular formula is C24H25FN2O2. The molecule has 0 bridgehead atoms. The molecule has 0 unspecified atom stereocenters. The standard InChI is InChI=1S/C24H25FN2O2/c1-27-10-9-23(18-6-4-7-19(12-18)29-2)14-21-17(13-24(23,28)15-27)11-16-5-3-8-20(25)22(16)26-21/h3-8,11-12,28H,9-10,13-15H2,1-2H3/t23-,24-/m0/s1.